The van der Waals surface area contributed by atoms with Gasteiger partial charge < -0.3 is 19.5 Å². The Morgan fingerprint density at radius 3 is 2.50 bits per heavy atom. The van der Waals surface area contributed by atoms with E-state index in [1.54, 1.807) is 33.3 Å². The number of hydrogen-bond acceptors (Lipinski definition) is 6. The molecular weight excluding hydrogens is 461 g/mol. The highest BCUT2D eigenvalue weighted by Gasteiger charge is 2.41. The Balaban J connectivity index is 1.76. The van der Waals surface area contributed by atoms with E-state index in [0.29, 0.717) is 46.7 Å². The Hall–Kier alpha value is -3.61. The number of methoxy groups -OCH3 is 2. The van der Waals surface area contributed by atoms with Crippen LogP contribution in [-0.4, -0.2) is 32.1 Å². The van der Waals surface area contributed by atoms with Crippen molar-refractivity contribution in [3.8, 4) is 11.5 Å². The normalized spacial score (nSPS) is 20.4. The molecule has 190 valence electrons. The van der Waals surface area contributed by atoms with E-state index >= 15 is 0 Å². The molecule has 0 fully saturated rings. The first kappa shape index (κ1) is 25.5. The van der Waals surface area contributed by atoms with Gasteiger partial charge in [-0.1, -0.05) is 25.1 Å². The lowest BCUT2D eigenvalue weighted by Gasteiger charge is -2.37. The molecule has 0 radical (unpaired) electrons. The molecule has 0 saturated heterocycles. The number of hydrogen-bond donors (Lipinski definition) is 1. The molecule has 0 spiro atoms. The number of ether oxygens (including phenoxy) is 3. The van der Waals surface area contributed by atoms with Gasteiger partial charge in [0.25, 0.3) is 0 Å². The summed E-state index contributed by atoms with van der Waals surface area (Å²) in [7, 11) is 3.16. The van der Waals surface area contributed by atoms with Crippen molar-refractivity contribution in [2.75, 3.05) is 14.2 Å². The molecule has 0 aromatic heterocycles. The number of ketones is 1. The van der Waals surface area contributed by atoms with Gasteiger partial charge in [0.05, 0.1) is 25.9 Å². The fourth-order valence-electron chi connectivity index (χ4n) is 5.00. The first-order valence-corrected chi connectivity index (χ1v) is 12.2. The Labute approximate surface area is 211 Å². The minimum Gasteiger partial charge on any atom is -0.493 e. The van der Waals surface area contributed by atoms with Crippen LogP contribution < -0.4 is 14.8 Å². The van der Waals surface area contributed by atoms with Crippen molar-refractivity contribution in [3.63, 3.8) is 0 Å². The second-order valence-corrected chi connectivity index (χ2v) is 9.31. The first-order chi connectivity index (χ1) is 17.3. The Morgan fingerprint density at radius 2 is 1.83 bits per heavy atom. The monoisotopic (exact) mass is 493 g/mol. The zero-order valence-corrected chi connectivity index (χ0v) is 21.3. The van der Waals surface area contributed by atoms with Crippen molar-refractivity contribution in [2.45, 2.75) is 58.0 Å². The second-order valence-electron chi connectivity index (χ2n) is 9.31. The molecule has 0 unspecified atom stereocenters. The van der Waals surface area contributed by atoms with Gasteiger partial charge in [0, 0.05) is 29.3 Å². The van der Waals surface area contributed by atoms with Crippen molar-refractivity contribution >= 4 is 11.8 Å². The summed E-state index contributed by atoms with van der Waals surface area (Å²) in [4.78, 5) is 27.0. The van der Waals surface area contributed by atoms with Crippen LogP contribution in [0, 0.1) is 5.82 Å². The molecule has 36 heavy (non-hydrogen) atoms. The van der Waals surface area contributed by atoms with Crippen molar-refractivity contribution in [3.05, 3.63) is 81.9 Å². The van der Waals surface area contributed by atoms with Gasteiger partial charge in [-0.3, -0.25) is 4.79 Å². The largest absolute Gasteiger partial charge is 0.493 e. The Bertz CT molecular complexity index is 1250. The number of allylic oxidation sites excluding steroid dienone is 3. The maximum atomic E-state index is 14.3. The molecule has 4 rings (SSSR count). The number of esters is 1. The third kappa shape index (κ3) is 4.87. The zero-order chi connectivity index (χ0) is 26.0. The number of carbonyl (C=O) groups is 2. The van der Waals surface area contributed by atoms with Gasteiger partial charge in [-0.25, -0.2) is 9.18 Å². The number of halogens is 1. The smallest absolute Gasteiger partial charge is 0.337 e. The van der Waals surface area contributed by atoms with E-state index in [1.165, 1.54) is 12.1 Å². The van der Waals surface area contributed by atoms with E-state index in [9.17, 15) is 14.0 Å². The lowest BCUT2D eigenvalue weighted by atomic mass is 9.71. The van der Waals surface area contributed by atoms with Gasteiger partial charge in [0.1, 0.15) is 5.82 Å². The number of benzene rings is 2. The van der Waals surface area contributed by atoms with Crippen LogP contribution in [0.15, 0.2) is 65.0 Å². The lowest BCUT2D eigenvalue weighted by molar-refractivity contribution is -0.144. The molecule has 7 heteroatoms. The summed E-state index contributed by atoms with van der Waals surface area (Å²) in [5.41, 5.74) is 3.71. The highest BCUT2D eigenvalue weighted by atomic mass is 19.1. The van der Waals surface area contributed by atoms with Gasteiger partial charge in [-0.15, -0.1) is 0 Å². The number of Topliss-reactive ketones (excluding diaryl/α,β-unsaturated/α-hetero) is 1. The van der Waals surface area contributed by atoms with Crippen LogP contribution in [0.4, 0.5) is 4.39 Å². The fourth-order valence-corrected chi connectivity index (χ4v) is 5.00. The van der Waals surface area contributed by atoms with Crippen molar-refractivity contribution in [2.24, 2.45) is 0 Å². The van der Waals surface area contributed by atoms with E-state index in [-0.39, 0.29) is 24.2 Å². The summed E-state index contributed by atoms with van der Waals surface area (Å²) in [5, 5.41) is 3.32. The maximum absolute atomic E-state index is 14.3. The molecule has 6 nitrogen and oxygen atoms in total. The summed E-state index contributed by atoms with van der Waals surface area (Å²) in [6.07, 6.45) is 1.20. The molecule has 1 heterocycles. The molecule has 0 saturated carbocycles. The van der Waals surface area contributed by atoms with Crippen molar-refractivity contribution in [1.29, 1.82) is 0 Å². The average Bonchev–Trinajstić information content (AvgIpc) is 2.86. The van der Waals surface area contributed by atoms with E-state index < -0.39 is 17.7 Å². The molecular formula is C29H32FNO5. The van der Waals surface area contributed by atoms with Crippen LogP contribution >= 0.6 is 0 Å². The van der Waals surface area contributed by atoms with Gasteiger partial charge in [-0.2, -0.15) is 0 Å². The van der Waals surface area contributed by atoms with Gasteiger partial charge in [0.15, 0.2) is 17.3 Å². The lowest BCUT2D eigenvalue weighted by Crippen LogP contribution is -2.36. The quantitative estimate of drug-likeness (QED) is 0.510. The van der Waals surface area contributed by atoms with E-state index in [1.807, 2.05) is 32.0 Å². The predicted molar refractivity (Wildman–Crippen MR) is 134 cm³/mol. The molecule has 3 atom stereocenters. The summed E-state index contributed by atoms with van der Waals surface area (Å²) < 4.78 is 30.7. The zero-order valence-electron chi connectivity index (χ0n) is 21.3. The number of carbonyl (C=O) groups excluding carboxylic acids is 2. The molecule has 0 amide bonds. The molecule has 0 bridgehead atoms. The van der Waals surface area contributed by atoms with Crippen LogP contribution in [0.5, 0.6) is 11.5 Å². The SMILES string of the molecule is CC[C@@H](C)OC(=O)C1=C(C)NC2=C(C(=O)C[C@@H](c3ccc(OC)c(OC)c3)C2)[C@H]1c1cccc(F)c1. The number of dihydropyridines is 1. The van der Waals surface area contributed by atoms with Gasteiger partial charge in [0.2, 0.25) is 0 Å². The third-order valence-electron chi connectivity index (χ3n) is 6.99. The predicted octanol–water partition coefficient (Wildman–Crippen LogP) is 5.55. The highest BCUT2D eigenvalue weighted by molar-refractivity contribution is 6.04. The average molecular weight is 494 g/mol. The minimum absolute atomic E-state index is 0.0841. The summed E-state index contributed by atoms with van der Waals surface area (Å²) >= 11 is 0. The second kappa shape index (κ2) is 10.6. The van der Waals surface area contributed by atoms with Gasteiger partial charge in [-0.05, 0) is 68.0 Å². The molecule has 2 aromatic carbocycles. The summed E-state index contributed by atoms with van der Waals surface area (Å²) in [6, 6.07) is 11.8. The Kier molecular flexibility index (Phi) is 7.48. The van der Waals surface area contributed by atoms with E-state index in [2.05, 4.69) is 5.32 Å². The number of rotatable bonds is 7. The molecule has 1 aliphatic carbocycles. The van der Waals surface area contributed by atoms with Crippen LogP contribution in [0.1, 0.15) is 63.0 Å². The van der Waals surface area contributed by atoms with Crippen LogP contribution in [0.3, 0.4) is 0 Å². The van der Waals surface area contributed by atoms with Crippen LogP contribution in [0.2, 0.25) is 0 Å². The molecule has 1 N–H and O–H groups in total. The van der Waals surface area contributed by atoms with E-state index in [4.69, 9.17) is 14.2 Å². The standard InChI is InChI=1S/C29H32FNO5/c1-6-16(2)36-29(33)26-17(3)31-22-13-20(18-10-11-24(34-4)25(15-18)35-5)14-23(32)28(22)27(26)19-8-7-9-21(30)12-19/h7-12,15-16,20,27,31H,6,13-14H2,1-5H3/t16-,20+,27+/m1/s1. The molecule has 2 aromatic rings. The minimum atomic E-state index is -0.702. The van der Waals surface area contributed by atoms with Crippen molar-refractivity contribution in [1.82, 2.24) is 5.32 Å². The summed E-state index contributed by atoms with van der Waals surface area (Å²) in [5.74, 6) is -0.572. The Morgan fingerprint density at radius 1 is 1.08 bits per heavy atom. The van der Waals surface area contributed by atoms with E-state index in [0.717, 1.165) is 11.3 Å². The van der Waals surface area contributed by atoms with Gasteiger partial charge >= 0.3 is 5.97 Å². The third-order valence-corrected chi connectivity index (χ3v) is 6.99. The van der Waals surface area contributed by atoms with Crippen LogP contribution in [0.25, 0.3) is 0 Å². The summed E-state index contributed by atoms with van der Waals surface area (Å²) in [6.45, 7) is 5.56. The molecule has 2 aliphatic rings. The molecule has 1 aliphatic heterocycles. The topological polar surface area (TPSA) is 73.9 Å². The number of nitrogens with one attached hydrogen (secondary N) is 1. The van der Waals surface area contributed by atoms with Crippen molar-refractivity contribution < 1.29 is 28.2 Å². The first-order valence-electron chi connectivity index (χ1n) is 12.2. The highest BCUT2D eigenvalue weighted by Crippen LogP contribution is 2.46. The fraction of sp³-hybridized carbons (Fsp3) is 0.379. The van der Waals surface area contributed by atoms with Crippen LogP contribution in [-0.2, 0) is 14.3 Å². The maximum Gasteiger partial charge on any atom is 0.337 e.